The maximum absolute atomic E-state index is 13.0. The Bertz CT molecular complexity index is 899. The van der Waals surface area contributed by atoms with Crippen molar-refractivity contribution in [1.82, 2.24) is 4.98 Å². The number of benzene rings is 1. The molecule has 23 heavy (non-hydrogen) atoms. The SMILES string of the molecule is Cc1cc(S(=O)(=O)N2c3ccccc3NC(=O)[C@H]2C)cnc1Cl. The highest BCUT2D eigenvalue weighted by atomic mass is 35.5. The van der Waals surface area contributed by atoms with Gasteiger partial charge in [-0.1, -0.05) is 23.7 Å². The van der Waals surface area contributed by atoms with Gasteiger partial charge in [0.25, 0.3) is 10.0 Å². The first kappa shape index (κ1) is 15.8. The number of anilines is 2. The van der Waals surface area contributed by atoms with Gasteiger partial charge in [-0.25, -0.2) is 13.4 Å². The summed E-state index contributed by atoms with van der Waals surface area (Å²) in [6.45, 7) is 3.22. The highest BCUT2D eigenvalue weighted by molar-refractivity contribution is 7.93. The molecule has 6 nitrogen and oxygen atoms in total. The quantitative estimate of drug-likeness (QED) is 0.843. The number of rotatable bonds is 2. The molecule has 1 aliphatic heterocycles. The molecule has 0 spiro atoms. The highest BCUT2D eigenvalue weighted by Crippen LogP contribution is 2.36. The summed E-state index contributed by atoms with van der Waals surface area (Å²) in [5.74, 6) is -0.383. The van der Waals surface area contributed by atoms with Gasteiger partial charge in [-0.3, -0.25) is 9.10 Å². The van der Waals surface area contributed by atoms with E-state index in [1.807, 2.05) is 0 Å². The average molecular weight is 352 g/mol. The molecule has 120 valence electrons. The predicted molar refractivity (Wildman–Crippen MR) is 88.2 cm³/mol. The van der Waals surface area contributed by atoms with E-state index in [9.17, 15) is 13.2 Å². The predicted octanol–water partition coefficient (Wildman–Crippen LogP) is 2.58. The Kier molecular flexibility index (Phi) is 3.77. The van der Waals surface area contributed by atoms with E-state index < -0.39 is 16.1 Å². The second-order valence-electron chi connectivity index (χ2n) is 5.26. The summed E-state index contributed by atoms with van der Waals surface area (Å²) in [6.07, 6.45) is 1.20. The Morgan fingerprint density at radius 3 is 2.70 bits per heavy atom. The zero-order valence-electron chi connectivity index (χ0n) is 12.4. The smallest absolute Gasteiger partial charge is 0.266 e. The van der Waals surface area contributed by atoms with Gasteiger partial charge in [-0.05, 0) is 37.6 Å². The number of sulfonamides is 1. The summed E-state index contributed by atoms with van der Waals surface area (Å²) in [6, 6.07) is 7.34. The normalized spacial score (nSPS) is 17.6. The fraction of sp³-hybridized carbons (Fsp3) is 0.200. The van der Waals surface area contributed by atoms with Crippen LogP contribution in [0.4, 0.5) is 11.4 Å². The fourth-order valence-electron chi connectivity index (χ4n) is 2.45. The molecule has 8 heteroatoms. The Balaban J connectivity index is 2.18. The molecule has 2 aromatic rings. The molecule has 1 amide bonds. The van der Waals surface area contributed by atoms with Crippen LogP contribution in [0.3, 0.4) is 0 Å². The Morgan fingerprint density at radius 1 is 1.30 bits per heavy atom. The van der Waals surface area contributed by atoms with E-state index in [0.29, 0.717) is 16.9 Å². The second-order valence-corrected chi connectivity index (χ2v) is 7.43. The zero-order chi connectivity index (χ0) is 16.8. The lowest BCUT2D eigenvalue weighted by Crippen LogP contribution is -2.49. The molecule has 0 radical (unpaired) electrons. The van der Waals surface area contributed by atoms with Crippen molar-refractivity contribution in [3.8, 4) is 0 Å². The minimum atomic E-state index is -3.95. The van der Waals surface area contributed by atoms with Crippen molar-refractivity contribution < 1.29 is 13.2 Å². The van der Waals surface area contributed by atoms with E-state index >= 15 is 0 Å². The first-order chi connectivity index (χ1) is 10.8. The molecular weight excluding hydrogens is 338 g/mol. The minimum absolute atomic E-state index is 0.00393. The summed E-state index contributed by atoms with van der Waals surface area (Å²) in [5.41, 5.74) is 1.43. The van der Waals surface area contributed by atoms with E-state index in [4.69, 9.17) is 11.6 Å². The molecule has 1 N–H and O–H groups in total. The Hall–Kier alpha value is -2.12. The number of carbonyl (C=O) groups excluding carboxylic acids is 1. The van der Waals surface area contributed by atoms with Crippen LogP contribution < -0.4 is 9.62 Å². The van der Waals surface area contributed by atoms with E-state index in [0.717, 1.165) is 4.31 Å². The van der Waals surface area contributed by atoms with Gasteiger partial charge < -0.3 is 5.32 Å². The number of amides is 1. The molecule has 0 saturated heterocycles. The topological polar surface area (TPSA) is 79.4 Å². The molecule has 0 fully saturated rings. The first-order valence-corrected chi connectivity index (χ1v) is 8.70. The third-order valence-corrected chi connectivity index (χ3v) is 5.92. The van der Waals surface area contributed by atoms with Crippen LogP contribution in [0.15, 0.2) is 41.4 Å². The number of pyridine rings is 1. The molecule has 2 heterocycles. The molecule has 0 bridgehead atoms. The van der Waals surface area contributed by atoms with Gasteiger partial charge in [0, 0.05) is 6.20 Å². The Morgan fingerprint density at radius 2 is 2.00 bits per heavy atom. The Labute approximate surface area is 139 Å². The zero-order valence-corrected chi connectivity index (χ0v) is 14.0. The number of carbonyl (C=O) groups is 1. The van der Waals surface area contributed by atoms with Gasteiger partial charge in [-0.15, -0.1) is 0 Å². The number of aryl methyl sites for hydroxylation is 1. The van der Waals surface area contributed by atoms with Crippen LogP contribution >= 0.6 is 11.6 Å². The van der Waals surface area contributed by atoms with Crippen molar-refractivity contribution in [2.24, 2.45) is 0 Å². The number of hydrogen-bond donors (Lipinski definition) is 1. The van der Waals surface area contributed by atoms with Crippen molar-refractivity contribution in [3.05, 3.63) is 47.2 Å². The molecule has 0 saturated carbocycles. The molecular formula is C15H14ClN3O3S. The van der Waals surface area contributed by atoms with Crippen LogP contribution in [0.5, 0.6) is 0 Å². The van der Waals surface area contributed by atoms with Crippen molar-refractivity contribution in [2.45, 2.75) is 24.8 Å². The summed E-state index contributed by atoms with van der Waals surface area (Å²) < 4.78 is 27.2. The molecule has 3 rings (SSSR count). The maximum Gasteiger partial charge on any atom is 0.266 e. The van der Waals surface area contributed by atoms with Crippen LogP contribution in [0, 0.1) is 6.92 Å². The van der Waals surface area contributed by atoms with E-state index in [1.165, 1.54) is 12.3 Å². The second kappa shape index (κ2) is 5.50. The van der Waals surface area contributed by atoms with Gasteiger partial charge in [0.05, 0.1) is 11.4 Å². The van der Waals surface area contributed by atoms with Crippen LogP contribution in [-0.4, -0.2) is 25.4 Å². The highest BCUT2D eigenvalue weighted by Gasteiger charge is 2.38. The van der Waals surface area contributed by atoms with Crippen molar-refractivity contribution in [3.63, 3.8) is 0 Å². The fourth-order valence-corrected chi connectivity index (χ4v) is 4.22. The van der Waals surface area contributed by atoms with Gasteiger partial charge in [0.15, 0.2) is 0 Å². The number of para-hydroxylation sites is 2. The van der Waals surface area contributed by atoms with Crippen LogP contribution in [0.1, 0.15) is 12.5 Å². The van der Waals surface area contributed by atoms with Gasteiger partial charge in [0.2, 0.25) is 5.91 Å². The molecule has 1 aromatic heterocycles. The molecule has 0 aliphatic carbocycles. The third-order valence-electron chi connectivity index (χ3n) is 3.68. The number of fused-ring (bicyclic) bond motifs is 1. The largest absolute Gasteiger partial charge is 0.322 e. The number of hydrogen-bond acceptors (Lipinski definition) is 4. The number of nitrogens with one attached hydrogen (secondary N) is 1. The minimum Gasteiger partial charge on any atom is -0.322 e. The summed E-state index contributed by atoms with van der Waals surface area (Å²) in [5, 5.41) is 2.95. The summed E-state index contributed by atoms with van der Waals surface area (Å²) >= 11 is 5.87. The molecule has 1 aromatic carbocycles. The van der Waals surface area contributed by atoms with Crippen molar-refractivity contribution in [2.75, 3.05) is 9.62 Å². The third kappa shape index (κ3) is 2.55. The van der Waals surface area contributed by atoms with Gasteiger partial charge in [-0.2, -0.15) is 0 Å². The van der Waals surface area contributed by atoms with Crippen molar-refractivity contribution in [1.29, 1.82) is 0 Å². The summed E-state index contributed by atoms with van der Waals surface area (Å²) in [7, 11) is -3.95. The van der Waals surface area contributed by atoms with Gasteiger partial charge in [0.1, 0.15) is 16.1 Å². The average Bonchev–Trinajstić information content (AvgIpc) is 2.50. The summed E-state index contributed by atoms with van der Waals surface area (Å²) in [4.78, 5) is 16.0. The van der Waals surface area contributed by atoms with Gasteiger partial charge >= 0.3 is 0 Å². The monoisotopic (exact) mass is 351 g/mol. The van der Waals surface area contributed by atoms with E-state index in [-0.39, 0.29) is 16.0 Å². The van der Waals surface area contributed by atoms with Crippen LogP contribution in [-0.2, 0) is 14.8 Å². The van der Waals surface area contributed by atoms with Crippen LogP contribution in [0.25, 0.3) is 0 Å². The number of aromatic nitrogens is 1. The lowest BCUT2D eigenvalue weighted by Gasteiger charge is -2.35. The number of nitrogens with zero attached hydrogens (tertiary/aromatic N) is 2. The lowest BCUT2D eigenvalue weighted by molar-refractivity contribution is -0.117. The standard InChI is InChI=1S/C15H14ClN3O3S/c1-9-7-11(8-17-14(9)16)23(21,22)19-10(2)15(20)18-12-5-3-4-6-13(12)19/h3-8,10H,1-2H3,(H,18,20)/t10-/m1/s1. The lowest BCUT2D eigenvalue weighted by atomic mass is 10.1. The van der Waals surface area contributed by atoms with E-state index in [1.54, 1.807) is 38.1 Å². The first-order valence-electron chi connectivity index (χ1n) is 6.89. The van der Waals surface area contributed by atoms with Crippen LogP contribution in [0.2, 0.25) is 5.15 Å². The number of halogens is 1. The molecule has 1 aliphatic rings. The van der Waals surface area contributed by atoms with E-state index in [2.05, 4.69) is 10.3 Å². The van der Waals surface area contributed by atoms with Crippen molar-refractivity contribution >= 4 is 38.9 Å². The maximum atomic E-state index is 13.0. The molecule has 0 unspecified atom stereocenters. The molecule has 1 atom stereocenters.